The molecule has 0 aliphatic heterocycles. The average molecular weight is 289 g/mol. The van der Waals surface area contributed by atoms with Crippen molar-refractivity contribution in [2.24, 2.45) is 11.8 Å². The van der Waals surface area contributed by atoms with E-state index in [1.54, 1.807) is 0 Å². The zero-order chi connectivity index (χ0) is 15.6. The lowest BCUT2D eigenvalue weighted by Crippen LogP contribution is -2.28. The molecule has 21 heavy (non-hydrogen) atoms. The lowest BCUT2D eigenvalue weighted by Gasteiger charge is -2.16. The van der Waals surface area contributed by atoms with E-state index in [0.29, 0.717) is 5.92 Å². The molecule has 0 spiro atoms. The van der Waals surface area contributed by atoms with Crippen LogP contribution >= 0.6 is 0 Å². The number of carbonyl (C=O) groups excluding carboxylic acids is 2. The van der Waals surface area contributed by atoms with Crippen molar-refractivity contribution in [2.75, 3.05) is 18.9 Å². The van der Waals surface area contributed by atoms with Gasteiger partial charge in [-0.05, 0) is 30.5 Å². The summed E-state index contributed by atoms with van der Waals surface area (Å²) >= 11 is 0. The first-order valence-corrected chi connectivity index (χ1v) is 6.67. The summed E-state index contributed by atoms with van der Waals surface area (Å²) in [5, 5.41) is 11.3. The summed E-state index contributed by atoms with van der Waals surface area (Å²) < 4.78 is 13.4. The molecule has 1 aliphatic rings. The van der Waals surface area contributed by atoms with Crippen LogP contribution in [-0.4, -0.2) is 30.3 Å². The van der Waals surface area contributed by atoms with Crippen LogP contribution in [0.15, 0.2) is 18.2 Å². The molecule has 0 radical (unpaired) electrons. The zero-order valence-corrected chi connectivity index (χ0v) is 11.9. The van der Waals surface area contributed by atoms with Gasteiger partial charge in [-0.15, -0.1) is 0 Å². The smallest absolute Gasteiger partial charge is 0.256 e. The Hall–Kier alpha value is -2.42. The van der Waals surface area contributed by atoms with Crippen LogP contribution in [0.2, 0.25) is 0 Å². The molecule has 6 heteroatoms. The van der Waals surface area contributed by atoms with Crippen molar-refractivity contribution in [3.8, 4) is 6.07 Å². The van der Waals surface area contributed by atoms with Gasteiger partial charge >= 0.3 is 0 Å². The van der Waals surface area contributed by atoms with Crippen molar-refractivity contribution >= 4 is 17.5 Å². The number of nitrogens with zero attached hydrogens (tertiary/aromatic N) is 2. The first-order chi connectivity index (χ1) is 9.93. The topological polar surface area (TPSA) is 73.2 Å². The predicted molar refractivity (Wildman–Crippen MR) is 74.9 cm³/mol. The maximum atomic E-state index is 13.4. The van der Waals surface area contributed by atoms with Gasteiger partial charge in [0, 0.05) is 13.0 Å². The van der Waals surface area contributed by atoms with Crippen molar-refractivity contribution in [2.45, 2.75) is 13.3 Å². The highest BCUT2D eigenvalue weighted by Crippen LogP contribution is 2.38. The van der Waals surface area contributed by atoms with Crippen LogP contribution < -0.4 is 5.32 Å². The van der Waals surface area contributed by atoms with E-state index >= 15 is 0 Å². The van der Waals surface area contributed by atoms with Crippen LogP contribution in [0.3, 0.4) is 0 Å². The summed E-state index contributed by atoms with van der Waals surface area (Å²) in [5.41, 5.74) is 0.324. The Morgan fingerprint density at radius 1 is 1.52 bits per heavy atom. The molecule has 1 saturated carbocycles. The number of halogens is 1. The van der Waals surface area contributed by atoms with Gasteiger partial charge < -0.3 is 10.2 Å². The molecule has 5 nitrogen and oxygen atoms in total. The Labute approximate surface area is 122 Å². The van der Waals surface area contributed by atoms with Crippen molar-refractivity contribution < 1.29 is 14.0 Å². The van der Waals surface area contributed by atoms with E-state index in [9.17, 15) is 14.0 Å². The van der Waals surface area contributed by atoms with Crippen LogP contribution in [0, 0.1) is 29.0 Å². The highest BCUT2D eigenvalue weighted by atomic mass is 19.1. The van der Waals surface area contributed by atoms with Crippen LogP contribution in [0.1, 0.15) is 23.7 Å². The Kier molecular flexibility index (Phi) is 4.22. The molecule has 2 amide bonds. The first kappa shape index (κ1) is 15.0. The number of hydrogen-bond acceptors (Lipinski definition) is 3. The van der Waals surface area contributed by atoms with Crippen LogP contribution in [0.5, 0.6) is 0 Å². The first-order valence-electron chi connectivity index (χ1n) is 6.67. The van der Waals surface area contributed by atoms with E-state index in [1.807, 2.05) is 13.0 Å². The van der Waals surface area contributed by atoms with Crippen molar-refractivity contribution in [1.82, 2.24) is 4.90 Å². The van der Waals surface area contributed by atoms with Gasteiger partial charge in [0.15, 0.2) is 0 Å². The zero-order valence-electron chi connectivity index (χ0n) is 11.9. The molecule has 0 aromatic heterocycles. The minimum atomic E-state index is -0.568. The van der Waals surface area contributed by atoms with Gasteiger partial charge in [0.05, 0.1) is 17.3 Å². The van der Waals surface area contributed by atoms with Gasteiger partial charge in [0.2, 0.25) is 5.91 Å². The fourth-order valence-corrected chi connectivity index (χ4v) is 2.10. The molecule has 1 fully saturated rings. The molecule has 1 aliphatic carbocycles. The lowest BCUT2D eigenvalue weighted by atomic mass is 10.1. The van der Waals surface area contributed by atoms with Crippen molar-refractivity contribution in [3.05, 3.63) is 29.6 Å². The molecular weight excluding hydrogens is 273 g/mol. The highest BCUT2D eigenvalue weighted by molar-refractivity contribution is 6.04. The summed E-state index contributed by atoms with van der Waals surface area (Å²) in [6.07, 6.45) is 0.824. The van der Waals surface area contributed by atoms with Gasteiger partial charge in [-0.3, -0.25) is 9.59 Å². The number of nitrogens with one attached hydrogen (secondary N) is 1. The van der Waals surface area contributed by atoms with Crippen LogP contribution in [-0.2, 0) is 4.79 Å². The monoisotopic (exact) mass is 289 g/mol. The molecule has 1 N–H and O–H groups in total. The Bertz CT molecular complexity index is 624. The summed E-state index contributed by atoms with van der Waals surface area (Å²) in [6.45, 7) is 1.87. The minimum Gasteiger partial charge on any atom is -0.328 e. The molecule has 1 aromatic rings. The minimum absolute atomic E-state index is 0.0464. The van der Waals surface area contributed by atoms with Crippen molar-refractivity contribution in [3.63, 3.8) is 0 Å². The third-order valence-electron chi connectivity index (χ3n) is 3.57. The summed E-state index contributed by atoms with van der Waals surface area (Å²) in [7, 11) is 1.45. The Morgan fingerprint density at radius 3 is 2.76 bits per heavy atom. The molecule has 1 aromatic carbocycles. The van der Waals surface area contributed by atoms with Gasteiger partial charge in [-0.2, -0.15) is 5.26 Å². The van der Waals surface area contributed by atoms with Gasteiger partial charge in [0.1, 0.15) is 12.4 Å². The van der Waals surface area contributed by atoms with Crippen LogP contribution in [0.25, 0.3) is 0 Å². The number of rotatable bonds is 4. The third kappa shape index (κ3) is 3.37. The maximum absolute atomic E-state index is 13.4. The maximum Gasteiger partial charge on any atom is 0.256 e. The van der Waals surface area contributed by atoms with E-state index < -0.39 is 11.7 Å². The second-order valence-electron chi connectivity index (χ2n) is 5.32. The predicted octanol–water partition coefficient (Wildman–Crippen LogP) is 2.02. The number of amides is 2. The van der Waals surface area contributed by atoms with Gasteiger partial charge in [0.25, 0.3) is 5.91 Å². The Morgan fingerprint density at radius 2 is 2.19 bits per heavy atom. The fourth-order valence-electron chi connectivity index (χ4n) is 2.10. The van der Waals surface area contributed by atoms with E-state index in [4.69, 9.17) is 5.26 Å². The second-order valence-corrected chi connectivity index (χ2v) is 5.32. The normalized spacial score (nSPS) is 19.5. The molecule has 2 rings (SSSR count). The van der Waals surface area contributed by atoms with Gasteiger partial charge in [-0.1, -0.05) is 6.92 Å². The summed E-state index contributed by atoms with van der Waals surface area (Å²) in [5.74, 6) is -0.941. The Balaban J connectivity index is 2.23. The molecule has 0 saturated heterocycles. The molecule has 2 atom stereocenters. The van der Waals surface area contributed by atoms with E-state index in [-0.39, 0.29) is 29.6 Å². The molecular formula is C15H16FN3O2. The molecule has 0 heterocycles. The second kappa shape index (κ2) is 5.92. The average Bonchev–Trinajstić information content (AvgIpc) is 3.17. The van der Waals surface area contributed by atoms with Crippen molar-refractivity contribution in [1.29, 1.82) is 5.26 Å². The van der Waals surface area contributed by atoms with E-state index in [1.165, 1.54) is 24.1 Å². The van der Waals surface area contributed by atoms with Crippen LogP contribution in [0.4, 0.5) is 10.1 Å². The quantitative estimate of drug-likeness (QED) is 0.862. The fraction of sp³-hybridized carbons (Fsp3) is 0.400. The number of anilines is 1. The largest absolute Gasteiger partial charge is 0.328 e. The van der Waals surface area contributed by atoms with Gasteiger partial charge in [-0.25, -0.2) is 4.39 Å². The van der Waals surface area contributed by atoms with E-state index in [0.717, 1.165) is 12.5 Å². The molecule has 110 valence electrons. The number of nitriles is 1. The summed E-state index contributed by atoms with van der Waals surface area (Å²) in [6, 6.07) is 5.48. The highest BCUT2D eigenvalue weighted by Gasteiger charge is 2.39. The molecule has 0 bridgehead atoms. The standard InChI is InChI=1S/C15H16FN3O2/c1-9-7-11(9)14(20)18-13-4-3-10(16)8-12(13)15(21)19(2)6-5-17/h3-4,8-9,11H,6-7H2,1-2H3,(H,18,20). The molecule has 2 unspecified atom stereocenters. The number of benzene rings is 1. The van der Waals surface area contributed by atoms with E-state index in [2.05, 4.69) is 5.32 Å². The lowest BCUT2D eigenvalue weighted by molar-refractivity contribution is -0.117. The third-order valence-corrected chi connectivity index (χ3v) is 3.57. The summed E-state index contributed by atoms with van der Waals surface area (Å²) in [4.78, 5) is 25.3. The number of hydrogen-bond donors (Lipinski definition) is 1. The SMILES string of the molecule is CC1CC1C(=O)Nc1ccc(F)cc1C(=O)N(C)CC#N. The number of carbonyl (C=O) groups is 2.